The molecule has 1 heterocycles. The minimum atomic E-state index is 0.247. The first-order valence-corrected chi connectivity index (χ1v) is 6.06. The molecule has 0 saturated carbocycles. The molecule has 2 nitrogen and oxygen atoms in total. The van der Waals surface area contributed by atoms with Gasteiger partial charge in [-0.3, -0.25) is 0 Å². The van der Waals surface area contributed by atoms with E-state index in [2.05, 4.69) is 43.3 Å². The highest BCUT2D eigenvalue weighted by Crippen LogP contribution is 2.30. The molecule has 1 unspecified atom stereocenters. The zero-order chi connectivity index (χ0) is 10.9. The molecule has 1 atom stereocenters. The number of aromatic amines is 1. The molecular weight excluding hydrogens is 184 g/mol. The zero-order valence-corrected chi connectivity index (χ0v) is 10.1. The Labute approximate surface area is 92.5 Å². The average molecular weight is 206 g/mol. The first kappa shape index (κ1) is 10.7. The van der Waals surface area contributed by atoms with E-state index in [-0.39, 0.29) is 5.54 Å². The van der Waals surface area contributed by atoms with Crippen molar-refractivity contribution in [1.29, 1.82) is 0 Å². The van der Waals surface area contributed by atoms with Gasteiger partial charge in [0.2, 0.25) is 0 Å². The second-order valence-corrected chi connectivity index (χ2v) is 5.24. The highest BCUT2D eigenvalue weighted by atomic mass is 15.0. The molecule has 1 aliphatic rings. The van der Waals surface area contributed by atoms with E-state index in [1.807, 2.05) is 0 Å². The summed E-state index contributed by atoms with van der Waals surface area (Å²) in [5.41, 5.74) is 3.17. The third-order valence-corrected chi connectivity index (χ3v) is 3.61. The van der Waals surface area contributed by atoms with Gasteiger partial charge in [0.1, 0.15) is 0 Å². The predicted molar refractivity (Wildman–Crippen MR) is 64.0 cm³/mol. The highest BCUT2D eigenvalue weighted by molar-refractivity contribution is 5.27. The van der Waals surface area contributed by atoms with Crippen LogP contribution in [-0.2, 0) is 6.42 Å². The van der Waals surface area contributed by atoms with Gasteiger partial charge in [0.25, 0.3) is 0 Å². The predicted octanol–water partition coefficient (Wildman–Crippen LogP) is 3.17. The van der Waals surface area contributed by atoms with Crippen LogP contribution < -0.4 is 5.32 Å². The van der Waals surface area contributed by atoms with Gasteiger partial charge in [0, 0.05) is 23.5 Å². The van der Waals surface area contributed by atoms with Gasteiger partial charge in [-0.05, 0) is 51.2 Å². The summed E-state index contributed by atoms with van der Waals surface area (Å²) in [7, 11) is 0. The summed E-state index contributed by atoms with van der Waals surface area (Å²) in [5, 5.41) is 3.77. The van der Waals surface area contributed by atoms with Crippen LogP contribution in [0.1, 0.15) is 57.3 Å². The van der Waals surface area contributed by atoms with Gasteiger partial charge in [0.15, 0.2) is 0 Å². The fourth-order valence-electron chi connectivity index (χ4n) is 2.32. The quantitative estimate of drug-likeness (QED) is 0.781. The van der Waals surface area contributed by atoms with E-state index in [0.29, 0.717) is 6.04 Å². The average Bonchev–Trinajstić information content (AvgIpc) is 2.66. The standard InChI is InChI=1S/C13H22N2/c1-4-13(2,3)15-12-7-5-6-11-10(12)8-9-14-11/h8-9,12,14-15H,4-7H2,1-3H3. The van der Waals surface area contributed by atoms with Crippen LogP contribution in [0, 0.1) is 0 Å². The maximum Gasteiger partial charge on any atom is 0.0342 e. The Kier molecular flexibility index (Phi) is 2.87. The Bertz CT molecular complexity index is 325. The molecule has 0 amide bonds. The molecule has 0 saturated heterocycles. The maximum atomic E-state index is 3.77. The molecule has 0 aromatic carbocycles. The molecule has 1 aliphatic carbocycles. The molecule has 84 valence electrons. The molecule has 0 fully saturated rings. The van der Waals surface area contributed by atoms with Gasteiger partial charge < -0.3 is 10.3 Å². The lowest BCUT2D eigenvalue weighted by Crippen LogP contribution is -2.42. The van der Waals surface area contributed by atoms with Gasteiger partial charge in [-0.25, -0.2) is 0 Å². The molecule has 0 bridgehead atoms. The summed E-state index contributed by atoms with van der Waals surface area (Å²) in [6.45, 7) is 6.82. The Hall–Kier alpha value is -0.760. The second-order valence-electron chi connectivity index (χ2n) is 5.24. The Balaban J connectivity index is 2.13. The molecule has 2 rings (SSSR count). The smallest absolute Gasteiger partial charge is 0.0342 e. The van der Waals surface area contributed by atoms with Crippen molar-refractivity contribution in [2.24, 2.45) is 0 Å². The number of hydrogen-bond donors (Lipinski definition) is 2. The van der Waals surface area contributed by atoms with Gasteiger partial charge in [-0.2, -0.15) is 0 Å². The second kappa shape index (κ2) is 4.01. The van der Waals surface area contributed by atoms with Crippen LogP contribution in [-0.4, -0.2) is 10.5 Å². The third-order valence-electron chi connectivity index (χ3n) is 3.61. The normalized spacial score (nSPS) is 21.4. The summed E-state index contributed by atoms with van der Waals surface area (Å²) in [6.07, 6.45) is 7.03. The Morgan fingerprint density at radius 3 is 3.07 bits per heavy atom. The topological polar surface area (TPSA) is 27.8 Å². The van der Waals surface area contributed by atoms with Crippen molar-refractivity contribution < 1.29 is 0 Å². The summed E-state index contributed by atoms with van der Waals surface area (Å²) < 4.78 is 0. The van der Waals surface area contributed by atoms with Crippen LogP contribution in [0.5, 0.6) is 0 Å². The number of rotatable bonds is 3. The first-order valence-electron chi connectivity index (χ1n) is 6.06. The van der Waals surface area contributed by atoms with Crippen LogP contribution in [0.3, 0.4) is 0 Å². The van der Waals surface area contributed by atoms with Crippen molar-refractivity contribution in [1.82, 2.24) is 10.3 Å². The van der Waals surface area contributed by atoms with Crippen molar-refractivity contribution in [3.8, 4) is 0 Å². The van der Waals surface area contributed by atoms with Crippen molar-refractivity contribution >= 4 is 0 Å². The van der Waals surface area contributed by atoms with Gasteiger partial charge in [-0.15, -0.1) is 0 Å². The lowest BCUT2D eigenvalue weighted by molar-refractivity contribution is 0.305. The molecule has 1 aromatic heterocycles. The monoisotopic (exact) mass is 206 g/mol. The highest BCUT2D eigenvalue weighted by Gasteiger charge is 2.25. The third kappa shape index (κ3) is 2.25. The van der Waals surface area contributed by atoms with Crippen LogP contribution in [0.15, 0.2) is 12.3 Å². The number of H-pyrrole nitrogens is 1. The Morgan fingerprint density at radius 1 is 1.53 bits per heavy atom. The van der Waals surface area contributed by atoms with E-state index in [1.54, 1.807) is 0 Å². The van der Waals surface area contributed by atoms with E-state index in [1.165, 1.54) is 36.9 Å². The summed E-state index contributed by atoms with van der Waals surface area (Å²) in [5.74, 6) is 0. The molecule has 0 spiro atoms. The van der Waals surface area contributed by atoms with E-state index in [9.17, 15) is 0 Å². The zero-order valence-electron chi connectivity index (χ0n) is 10.1. The number of fused-ring (bicyclic) bond motifs is 1. The largest absolute Gasteiger partial charge is 0.365 e. The lowest BCUT2D eigenvalue weighted by atomic mass is 9.90. The number of nitrogens with one attached hydrogen (secondary N) is 2. The van der Waals surface area contributed by atoms with Crippen molar-refractivity contribution in [3.63, 3.8) is 0 Å². The molecular formula is C13H22N2. The van der Waals surface area contributed by atoms with E-state index < -0.39 is 0 Å². The molecule has 15 heavy (non-hydrogen) atoms. The van der Waals surface area contributed by atoms with E-state index in [0.717, 1.165) is 0 Å². The first-order chi connectivity index (χ1) is 7.12. The molecule has 0 radical (unpaired) electrons. The van der Waals surface area contributed by atoms with Gasteiger partial charge in [-0.1, -0.05) is 6.92 Å². The number of aryl methyl sites for hydroxylation is 1. The van der Waals surface area contributed by atoms with Crippen LogP contribution >= 0.6 is 0 Å². The van der Waals surface area contributed by atoms with Crippen molar-refractivity contribution in [2.45, 2.75) is 58.0 Å². The number of aromatic nitrogens is 1. The number of hydrogen-bond acceptors (Lipinski definition) is 1. The fraction of sp³-hybridized carbons (Fsp3) is 0.692. The molecule has 2 N–H and O–H groups in total. The molecule has 1 aromatic rings. The van der Waals surface area contributed by atoms with Crippen LogP contribution in [0.2, 0.25) is 0 Å². The van der Waals surface area contributed by atoms with Crippen LogP contribution in [0.4, 0.5) is 0 Å². The van der Waals surface area contributed by atoms with E-state index >= 15 is 0 Å². The Morgan fingerprint density at radius 2 is 2.33 bits per heavy atom. The van der Waals surface area contributed by atoms with Crippen LogP contribution in [0.25, 0.3) is 0 Å². The van der Waals surface area contributed by atoms with Gasteiger partial charge >= 0.3 is 0 Å². The molecule has 2 heteroatoms. The minimum Gasteiger partial charge on any atom is -0.365 e. The van der Waals surface area contributed by atoms with Crippen molar-refractivity contribution in [2.75, 3.05) is 0 Å². The van der Waals surface area contributed by atoms with Gasteiger partial charge in [0.05, 0.1) is 0 Å². The molecule has 0 aliphatic heterocycles. The summed E-state index contributed by atoms with van der Waals surface area (Å²) in [6, 6.07) is 2.78. The minimum absolute atomic E-state index is 0.247. The summed E-state index contributed by atoms with van der Waals surface area (Å²) >= 11 is 0. The van der Waals surface area contributed by atoms with Crippen molar-refractivity contribution in [3.05, 3.63) is 23.5 Å². The van der Waals surface area contributed by atoms with E-state index in [4.69, 9.17) is 0 Å². The SMILES string of the molecule is CCC(C)(C)NC1CCCc2[nH]ccc21. The summed E-state index contributed by atoms with van der Waals surface area (Å²) in [4.78, 5) is 3.35. The fourth-order valence-corrected chi connectivity index (χ4v) is 2.32. The maximum absolute atomic E-state index is 3.77. The lowest BCUT2D eigenvalue weighted by Gasteiger charge is -2.33.